The van der Waals surface area contributed by atoms with Gasteiger partial charge < -0.3 is 15.3 Å². The fourth-order valence-electron chi connectivity index (χ4n) is 4.98. The van der Waals surface area contributed by atoms with Crippen molar-refractivity contribution in [3.05, 3.63) is 86.0 Å². The minimum absolute atomic E-state index is 0.165. The molecule has 0 saturated carbocycles. The Balaban J connectivity index is 2.14. The standard InChI is InChI=1S/C32H42O3/c1-18-11-22(16-26(29(18)34)31(5,6)7)14-24-13-20(3)28(33)21(4)25(24)15-23-12-19(2)30(35)27(17-23)32(8,9)10/h11-13,16-17,33-35H,14-15H2,1-10H3. The lowest BCUT2D eigenvalue weighted by atomic mass is 9.81. The van der Waals surface area contributed by atoms with Crippen LogP contribution >= 0.6 is 0 Å². The Kier molecular flexibility index (Phi) is 7.05. The van der Waals surface area contributed by atoms with E-state index in [2.05, 4.69) is 65.8 Å². The van der Waals surface area contributed by atoms with Crippen LogP contribution in [0.15, 0.2) is 30.3 Å². The Morgan fingerprint density at radius 3 is 1.37 bits per heavy atom. The molecule has 0 aliphatic heterocycles. The van der Waals surface area contributed by atoms with E-state index in [1.807, 2.05) is 33.8 Å². The number of hydrogen-bond acceptors (Lipinski definition) is 3. The highest BCUT2D eigenvalue weighted by Crippen LogP contribution is 2.38. The molecule has 35 heavy (non-hydrogen) atoms. The number of phenolic OH excluding ortho intramolecular Hbond substituents is 3. The van der Waals surface area contributed by atoms with Crippen LogP contribution in [0, 0.1) is 27.7 Å². The molecule has 3 rings (SSSR count). The predicted octanol–water partition coefficient (Wildman–Crippen LogP) is 7.81. The third kappa shape index (κ3) is 5.50. The molecule has 3 N–H and O–H groups in total. The van der Waals surface area contributed by atoms with Gasteiger partial charge in [-0.1, -0.05) is 71.9 Å². The van der Waals surface area contributed by atoms with E-state index in [-0.39, 0.29) is 10.8 Å². The van der Waals surface area contributed by atoms with E-state index in [9.17, 15) is 15.3 Å². The molecule has 0 unspecified atom stereocenters. The third-order valence-corrected chi connectivity index (χ3v) is 7.07. The molecule has 0 spiro atoms. The SMILES string of the molecule is Cc1cc(Cc2cc(C)c(O)c(C)c2Cc2cc(C)c(O)c(C(C)(C)C)c2)cc(C(C)(C)C)c1O. The van der Waals surface area contributed by atoms with Crippen LogP contribution < -0.4 is 0 Å². The summed E-state index contributed by atoms with van der Waals surface area (Å²) in [5.74, 6) is 1.07. The maximum Gasteiger partial charge on any atom is 0.122 e. The zero-order valence-electron chi connectivity index (χ0n) is 23.1. The Bertz CT molecular complexity index is 1270. The van der Waals surface area contributed by atoms with Gasteiger partial charge in [0.05, 0.1) is 0 Å². The Morgan fingerprint density at radius 2 is 0.943 bits per heavy atom. The van der Waals surface area contributed by atoms with Gasteiger partial charge in [-0.3, -0.25) is 0 Å². The quantitative estimate of drug-likeness (QED) is 0.361. The summed E-state index contributed by atoms with van der Waals surface area (Å²) in [7, 11) is 0. The first-order valence-corrected chi connectivity index (χ1v) is 12.5. The lowest BCUT2D eigenvalue weighted by Crippen LogP contribution is -2.13. The summed E-state index contributed by atoms with van der Waals surface area (Å²) < 4.78 is 0. The fraction of sp³-hybridized carbons (Fsp3) is 0.438. The Labute approximate surface area is 211 Å². The summed E-state index contributed by atoms with van der Waals surface area (Å²) in [6.07, 6.45) is 1.38. The van der Waals surface area contributed by atoms with Crippen LogP contribution in [0.3, 0.4) is 0 Å². The largest absolute Gasteiger partial charge is 0.507 e. The minimum atomic E-state index is -0.176. The topological polar surface area (TPSA) is 60.7 Å². The molecule has 0 amide bonds. The zero-order valence-corrected chi connectivity index (χ0v) is 23.1. The Hall–Kier alpha value is -2.94. The van der Waals surface area contributed by atoms with E-state index >= 15 is 0 Å². The van der Waals surface area contributed by atoms with Crippen molar-refractivity contribution < 1.29 is 15.3 Å². The molecule has 0 heterocycles. The fourth-order valence-corrected chi connectivity index (χ4v) is 4.98. The van der Waals surface area contributed by atoms with Crippen LogP contribution in [-0.2, 0) is 23.7 Å². The van der Waals surface area contributed by atoms with Crippen LogP contribution in [-0.4, -0.2) is 15.3 Å². The van der Waals surface area contributed by atoms with E-state index in [1.54, 1.807) is 0 Å². The number of hydrogen-bond donors (Lipinski definition) is 3. The molecule has 0 radical (unpaired) electrons. The summed E-state index contributed by atoms with van der Waals surface area (Å²) in [4.78, 5) is 0. The van der Waals surface area contributed by atoms with Crippen molar-refractivity contribution in [2.75, 3.05) is 0 Å². The lowest BCUT2D eigenvalue weighted by Gasteiger charge is -2.24. The summed E-state index contributed by atoms with van der Waals surface area (Å²) in [5.41, 5.74) is 9.61. The number of aromatic hydroxyl groups is 3. The molecule has 188 valence electrons. The molecule has 3 heteroatoms. The van der Waals surface area contributed by atoms with Gasteiger partial charge in [0.2, 0.25) is 0 Å². The minimum Gasteiger partial charge on any atom is -0.507 e. The molecular weight excluding hydrogens is 432 g/mol. The van der Waals surface area contributed by atoms with Crippen molar-refractivity contribution in [1.82, 2.24) is 0 Å². The van der Waals surface area contributed by atoms with Crippen LogP contribution in [0.25, 0.3) is 0 Å². The second-order valence-electron chi connectivity index (χ2n) is 12.3. The molecule has 0 aliphatic rings. The van der Waals surface area contributed by atoms with Crippen molar-refractivity contribution in [3.8, 4) is 17.2 Å². The summed E-state index contributed by atoms with van der Waals surface area (Å²) >= 11 is 0. The van der Waals surface area contributed by atoms with Crippen LogP contribution in [0.4, 0.5) is 0 Å². The van der Waals surface area contributed by atoms with Gasteiger partial charge >= 0.3 is 0 Å². The molecule has 3 aromatic rings. The highest BCUT2D eigenvalue weighted by atomic mass is 16.3. The molecule has 0 fully saturated rings. The van der Waals surface area contributed by atoms with E-state index in [0.29, 0.717) is 30.1 Å². The first kappa shape index (κ1) is 26.7. The maximum absolute atomic E-state index is 10.8. The molecule has 0 atom stereocenters. The third-order valence-electron chi connectivity index (χ3n) is 7.07. The monoisotopic (exact) mass is 474 g/mol. The molecular formula is C32H42O3. The molecule has 0 saturated heterocycles. The van der Waals surface area contributed by atoms with E-state index < -0.39 is 0 Å². The highest BCUT2D eigenvalue weighted by Gasteiger charge is 2.23. The van der Waals surface area contributed by atoms with Crippen molar-refractivity contribution >= 4 is 0 Å². The second-order valence-corrected chi connectivity index (χ2v) is 12.3. The smallest absolute Gasteiger partial charge is 0.122 e. The molecule has 0 aliphatic carbocycles. The molecule has 3 aromatic carbocycles. The average Bonchev–Trinajstić information content (AvgIpc) is 2.72. The zero-order chi connectivity index (χ0) is 26.5. The van der Waals surface area contributed by atoms with E-state index in [0.717, 1.165) is 50.1 Å². The molecule has 0 aromatic heterocycles. The van der Waals surface area contributed by atoms with Crippen molar-refractivity contribution in [1.29, 1.82) is 0 Å². The van der Waals surface area contributed by atoms with Gasteiger partial charge in [-0.05, 0) is 107 Å². The summed E-state index contributed by atoms with van der Waals surface area (Å²) in [6, 6.07) is 10.4. The van der Waals surface area contributed by atoms with Gasteiger partial charge in [0, 0.05) is 0 Å². The highest BCUT2D eigenvalue weighted by molar-refractivity contribution is 5.55. The summed E-state index contributed by atoms with van der Waals surface area (Å²) in [5, 5.41) is 32.2. The average molecular weight is 475 g/mol. The van der Waals surface area contributed by atoms with Crippen LogP contribution in [0.5, 0.6) is 17.2 Å². The Morgan fingerprint density at radius 1 is 0.543 bits per heavy atom. The van der Waals surface area contributed by atoms with Crippen LogP contribution in [0.1, 0.15) is 97.2 Å². The van der Waals surface area contributed by atoms with Gasteiger partial charge in [-0.15, -0.1) is 0 Å². The van der Waals surface area contributed by atoms with E-state index in [4.69, 9.17) is 0 Å². The first-order valence-electron chi connectivity index (χ1n) is 12.5. The number of rotatable bonds is 4. The number of phenols is 3. The van der Waals surface area contributed by atoms with Gasteiger partial charge in [-0.25, -0.2) is 0 Å². The summed E-state index contributed by atoms with van der Waals surface area (Å²) in [6.45, 7) is 20.5. The molecule has 3 nitrogen and oxygen atoms in total. The van der Waals surface area contributed by atoms with Gasteiger partial charge in [0.25, 0.3) is 0 Å². The van der Waals surface area contributed by atoms with Crippen LogP contribution in [0.2, 0.25) is 0 Å². The van der Waals surface area contributed by atoms with Crippen molar-refractivity contribution in [3.63, 3.8) is 0 Å². The normalized spacial score (nSPS) is 12.3. The first-order chi connectivity index (χ1) is 16.0. The van der Waals surface area contributed by atoms with Gasteiger partial charge in [0.1, 0.15) is 17.2 Å². The lowest BCUT2D eigenvalue weighted by molar-refractivity contribution is 0.441. The van der Waals surface area contributed by atoms with E-state index in [1.165, 1.54) is 5.56 Å². The van der Waals surface area contributed by atoms with Gasteiger partial charge in [0.15, 0.2) is 0 Å². The van der Waals surface area contributed by atoms with Crippen molar-refractivity contribution in [2.24, 2.45) is 0 Å². The molecule has 0 bridgehead atoms. The second kappa shape index (κ2) is 9.26. The van der Waals surface area contributed by atoms with Crippen molar-refractivity contribution in [2.45, 2.75) is 92.9 Å². The maximum atomic E-state index is 10.8. The van der Waals surface area contributed by atoms with Gasteiger partial charge in [-0.2, -0.15) is 0 Å². The number of benzene rings is 3. The number of aryl methyl sites for hydroxylation is 3. The predicted molar refractivity (Wildman–Crippen MR) is 146 cm³/mol.